The Labute approximate surface area is 187 Å². The summed E-state index contributed by atoms with van der Waals surface area (Å²) >= 11 is 0. The number of ether oxygens (including phenoxy) is 3. The molecular formula is C24H28N2O6. The lowest BCUT2D eigenvalue weighted by molar-refractivity contribution is -0.130. The summed E-state index contributed by atoms with van der Waals surface area (Å²) in [5.74, 6) is 0.905. The van der Waals surface area contributed by atoms with Crippen LogP contribution >= 0.6 is 0 Å². The minimum absolute atomic E-state index is 0.0178. The third-order valence-electron chi connectivity index (χ3n) is 5.23. The first-order valence-electron chi connectivity index (χ1n) is 10.7. The number of amides is 2. The Bertz CT molecular complexity index is 944. The maximum atomic E-state index is 12.9. The normalized spacial score (nSPS) is 13.8. The van der Waals surface area contributed by atoms with Crippen LogP contribution in [0.2, 0.25) is 0 Å². The van der Waals surface area contributed by atoms with Gasteiger partial charge in [0.25, 0.3) is 5.91 Å². The van der Waals surface area contributed by atoms with Crippen LogP contribution in [0.15, 0.2) is 48.5 Å². The van der Waals surface area contributed by atoms with Crippen molar-refractivity contribution in [2.45, 2.75) is 19.8 Å². The summed E-state index contributed by atoms with van der Waals surface area (Å²) in [7, 11) is 1.59. The van der Waals surface area contributed by atoms with Crippen molar-refractivity contribution in [1.82, 2.24) is 9.80 Å². The van der Waals surface area contributed by atoms with E-state index in [-0.39, 0.29) is 24.8 Å². The van der Waals surface area contributed by atoms with Crippen LogP contribution in [0, 0.1) is 0 Å². The van der Waals surface area contributed by atoms with E-state index in [1.54, 1.807) is 48.1 Å². The fraction of sp³-hybridized carbons (Fsp3) is 0.375. The maximum absolute atomic E-state index is 12.9. The Kier molecular flexibility index (Phi) is 8.08. The summed E-state index contributed by atoms with van der Waals surface area (Å²) in [5.41, 5.74) is 1.34. The van der Waals surface area contributed by atoms with Gasteiger partial charge in [-0.05, 0) is 43.7 Å². The van der Waals surface area contributed by atoms with Gasteiger partial charge in [0.2, 0.25) is 5.91 Å². The highest BCUT2D eigenvalue weighted by atomic mass is 16.7. The molecule has 2 amide bonds. The third kappa shape index (κ3) is 6.00. The Morgan fingerprint density at radius 3 is 2.31 bits per heavy atom. The van der Waals surface area contributed by atoms with E-state index < -0.39 is 6.16 Å². The van der Waals surface area contributed by atoms with E-state index in [0.29, 0.717) is 49.7 Å². The quantitative estimate of drug-likeness (QED) is 0.507. The van der Waals surface area contributed by atoms with Crippen LogP contribution in [-0.2, 0) is 16.0 Å². The highest BCUT2D eigenvalue weighted by Crippen LogP contribution is 2.20. The Morgan fingerprint density at radius 1 is 0.906 bits per heavy atom. The topological polar surface area (TPSA) is 85.4 Å². The van der Waals surface area contributed by atoms with Crippen LogP contribution in [-0.4, -0.2) is 67.7 Å². The number of carbonyl (C=O) groups is 3. The number of methoxy groups -OCH3 is 1. The summed E-state index contributed by atoms with van der Waals surface area (Å²) < 4.78 is 15.1. The molecule has 170 valence electrons. The smallest absolute Gasteiger partial charge is 0.496 e. The average molecular weight is 440 g/mol. The molecule has 0 aliphatic carbocycles. The van der Waals surface area contributed by atoms with Gasteiger partial charge in [-0.25, -0.2) is 4.79 Å². The molecule has 1 aliphatic heterocycles. The third-order valence-corrected chi connectivity index (χ3v) is 5.23. The number of nitrogens with zero attached hydrogens (tertiary/aromatic N) is 2. The van der Waals surface area contributed by atoms with E-state index >= 15 is 0 Å². The molecule has 0 unspecified atom stereocenters. The summed E-state index contributed by atoms with van der Waals surface area (Å²) in [5, 5.41) is 0. The predicted octanol–water partition coefficient (Wildman–Crippen LogP) is 3.15. The van der Waals surface area contributed by atoms with Crippen molar-refractivity contribution in [2.75, 3.05) is 39.9 Å². The second-order valence-electron chi connectivity index (χ2n) is 7.32. The van der Waals surface area contributed by atoms with E-state index in [4.69, 9.17) is 14.2 Å². The Balaban J connectivity index is 1.56. The van der Waals surface area contributed by atoms with Crippen molar-refractivity contribution in [3.63, 3.8) is 0 Å². The lowest BCUT2D eigenvalue weighted by Crippen LogP contribution is -2.38. The fourth-order valence-corrected chi connectivity index (χ4v) is 3.59. The van der Waals surface area contributed by atoms with Crippen molar-refractivity contribution in [3.05, 3.63) is 59.7 Å². The van der Waals surface area contributed by atoms with E-state index in [1.807, 2.05) is 24.3 Å². The van der Waals surface area contributed by atoms with Gasteiger partial charge in [0, 0.05) is 37.3 Å². The predicted molar refractivity (Wildman–Crippen MR) is 118 cm³/mol. The molecule has 8 heteroatoms. The van der Waals surface area contributed by atoms with E-state index in [0.717, 1.165) is 5.56 Å². The van der Waals surface area contributed by atoms with E-state index in [2.05, 4.69) is 0 Å². The Morgan fingerprint density at radius 2 is 1.59 bits per heavy atom. The van der Waals surface area contributed by atoms with Crippen LogP contribution in [0.5, 0.6) is 11.5 Å². The van der Waals surface area contributed by atoms with Crippen LogP contribution < -0.4 is 9.47 Å². The SMILES string of the molecule is CCOC(=O)Oc1ccc(C(=O)N2CCCN(C(=O)Cc3ccccc3OC)CC2)cc1. The van der Waals surface area contributed by atoms with Crippen LogP contribution in [0.4, 0.5) is 4.79 Å². The molecule has 0 atom stereocenters. The number of hydrogen-bond donors (Lipinski definition) is 0. The molecule has 0 aromatic heterocycles. The van der Waals surface area contributed by atoms with E-state index in [1.165, 1.54) is 0 Å². The molecule has 3 rings (SSSR count). The number of carbonyl (C=O) groups excluding carboxylic acids is 3. The molecule has 0 N–H and O–H groups in total. The molecule has 8 nitrogen and oxygen atoms in total. The fourth-order valence-electron chi connectivity index (χ4n) is 3.59. The second-order valence-corrected chi connectivity index (χ2v) is 7.32. The zero-order chi connectivity index (χ0) is 22.9. The number of benzene rings is 2. The molecular weight excluding hydrogens is 412 g/mol. The highest BCUT2D eigenvalue weighted by molar-refractivity contribution is 5.94. The zero-order valence-electron chi connectivity index (χ0n) is 18.4. The largest absolute Gasteiger partial charge is 0.513 e. The van der Waals surface area contributed by atoms with Crippen LogP contribution in [0.1, 0.15) is 29.3 Å². The van der Waals surface area contributed by atoms with Gasteiger partial charge in [-0.15, -0.1) is 0 Å². The van der Waals surface area contributed by atoms with Gasteiger partial charge in [-0.1, -0.05) is 18.2 Å². The van der Waals surface area contributed by atoms with Gasteiger partial charge >= 0.3 is 6.16 Å². The minimum Gasteiger partial charge on any atom is -0.496 e. The standard InChI is InChI=1S/C24H28N2O6/c1-3-31-24(29)32-20-11-9-18(10-12-20)23(28)26-14-6-13-25(15-16-26)22(27)17-19-7-4-5-8-21(19)30-2/h4-5,7-12H,3,6,13-17H2,1-2H3. The van der Waals surface area contributed by atoms with Crippen molar-refractivity contribution in [3.8, 4) is 11.5 Å². The molecule has 2 aromatic rings. The first-order valence-corrected chi connectivity index (χ1v) is 10.7. The van der Waals surface area contributed by atoms with Gasteiger partial charge in [-0.3, -0.25) is 9.59 Å². The zero-order valence-corrected chi connectivity index (χ0v) is 18.4. The molecule has 1 saturated heterocycles. The molecule has 0 spiro atoms. The minimum atomic E-state index is -0.781. The molecule has 0 bridgehead atoms. The molecule has 32 heavy (non-hydrogen) atoms. The molecule has 2 aromatic carbocycles. The van der Waals surface area contributed by atoms with Crippen molar-refractivity contribution >= 4 is 18.0 Å². The van der Waals surface area contributed by atoms with E-state index in [9.17, 15) is 14.4 Å². The van der Waals surface area contributed by atoms with Gasteiger partial charge in [0.05, 0.1) is 20.1 Å². The average Bonchev–Trinajstić information content (AvgIpc) is 3.06. The van der Waals surface area contributed by atoms with Crippen LogP contribution in [0.3, 0.4) is 0 Å². The molecule has 0 radical (unpaired) electrons. The number of para-hydroxylation sites is 1. The first-order chi connectivity index (χ1) is 15.5. The second kappa shape index (κ2) is 11.2. The summed E-state index contributed by atoms with van der Waals surface area (Å²) in [6, 6.07) is 13.8. The van der Waals surface area contributed by atoms with Crippen molar-refractivity contribution < 1.29 is 28.6 Å². The van der Waals surface area contributed by atoms with Crippen LogP contribution in [0.25, 0.3) is 0 Å². The van der Waals surface area contributed by atoms with Crippen molar-refractivity contribution in [1.29, 1.82) is 0 Å². The van der Waals surface area contributed by atoms with Gasteiger partial charge in [0.1, 0.15) is 11.5 Å². The molecule has 0 saturated carbocycles. The molecule has 1 fully saturated rings. The van der Waals surface area contributed by atoms with Gasteiger partial charge in [-0.2, -0.15) is 0 Å². The van der Waals surface area contributed by atoms with Gasteiger partial charge in [0.15, 0.2) is 0 Å². The summed E-state index contributed by atoms with van der Waals surface area (Å²) in [4.78, 5) is 40.7. The van der Waals surface area contributed by atoms with Gasteiger partial charge < -0.3 is 24.0 Å². The number of rotatable bonds is 6. The maximum Gasteiger partial charge on any atom is 0.513 e. The molecule has 1 heterocycles. The van der Waals surface area contributed by atoms with Crippen molar-refractivity contribution in [2.24, 2.45) is 0 Å². The monoisotopic (exact) mass is 440 g/mol. The molecule has 1 aliphatic rings. The Hall–Kier alpha value is -3.55. The first kappa shape index (κ1) is 23.1. The highest BCUT2D eigenvalue weighted by Gasteiger charge is 2.23. The lowest BCUT2D eigenvalue weighted by atomic mass is 10.1. The lowest BCUT2D eigenvalue weighted by Gasteiger charge is -2.22. The number of hydrogen-bond acceptors (Lipinski definition) is 6. The summed E-state index contributed by atoms with van der Waals surface area (Å²) in [6.07, 6.45) is 0.185. The summed E-state index contributed by atoms with van der Waals surface area (Å²) in [6.45, 7) is 4.02.